The zero-order chi connectivity index (χ0) is 15.6. The van der Waals surface area contributed by atoms with Gasteiger partial charge in [0.2, 0.25) is 0 Å². The third kappa shape index (κ3) is 2.91. The van der Waals surface area contributed by atoms with E-state index in [1.54, 1.807) is 48.5 Å². The van der Waals surface area contributed by atoms with Gasteiger partial charge in [-0.2, -0.15) is 13.2 Å². The molecule has 0 saturated heterocycles. The van der Waals surface area contributed by atoms with Crippen molar-refractivity contribution in [2.45, 2.75) is 12.8 Å². The standard InChI is InChI=1S/C18H14F3N/c19-18(20,21)22(13-14-7-2-1-3-8-14)17-12-6-10-15-9-4-5-11-16(15)17/h1-12H,13H2. The van der Waals surface area contributed by atoms with Gasteiger partial charge in [-0.1, -0.05) is 66.7 Å². The summed E-state index contributed by atoms with van der Waals surface area (Å²) in [6.45, 7) is -0.210. The lowest BCUT2D eigenvalue weighted by molar-refractivity contribution is -0.130. The monoisotopic (exact) mass is 301 g/mol. The van der Waals surface area contributed by atoms with Crippen LogP contribution in [0.15, 0.2) is 72.8 Å². The zero-order valence-corrected chi connectivity index (χ0v) is 11.7. The van der Waals surface area contributed by atoms with Gasteiger partial charge in [-0.05, 0) is 17.0 Å². The molecular weight excluding hydrogens is 287 g/mol. The van der Waals surface area contributed by atoms with E-state index in [1.807, 2.05) is 18.2 Å². The molecule has 0 aliphatic rings. The van der Waals surface area contributed by atoms with Crippen molar-refractivity contribution >= 4 is 16.5 Å². The predicted molar refractivity (Wildman–Crippen MR) is 82.6 cm³/mol. The normalized spacial score (nSPS) is 11.6. The van der Waals surface area contributed by atoms with E-state index < -0.39 is 6.30 Å². The van der Waals surface area contributed by atoms with E-state index in [0.717, 1.165) is 5.39 Å². The second kappa shape index (κ2) is 5.72. The lowest BCUT2D eigenvalue weighted by Gasteiger charge is -2.28. The molecule has 0 radical (unpaired) electrons. The summed E-state index contributed by atoms with van der Waals surface area (Å²) in [4.78, 5) is 0.491. The summed E-state index contributed by atoms with van der Waals surface area (Å²) in [5, 5.41) is 1.39. The molecular formula is C18H14F3N. The maximum absolute atomic E-state index is 13.5. The molecule has 3 aromatic rings. The van der Waals surface area contributed by atoms with Crippen LogP contribution in [0.3, 0.4) is 0 Å². The van der Waals surface area contributed by atoms with Gasteiger partial charge < -0.3 is 0 Å². The Morgan fingerprint density at radius 2 is 1.36 bits per heavy atom. The summed E-state index contributed by atoms with van der Waals surface area (Å²) in [7, 11) is 0. The molecule has 112 valence electrons. The summed E-state index contributed by atoms with van der Waals surface area (Å²) >= 11 is 0. The number of rotatable bonds is 3. The largest absolute Gasteiger partial charge is 0.485 e. The van der Waals surface area contributed by atoms with Crippen molar-refractivity contribution in [3.63, 3.8) is 0 Å². The Balaban J connectivity index is 2.09. The summed E-state index contributed by atoms with van der Waals surface area (Å²) in [5.41, 5.74) is 0.794. The van der Waals surface area contributed by atoms with E-state index in [9.17, 15) is 13.2 Å². The van der Waals surface area contributed by atoms with Crippen molar-refractivity contribution in [3.05, 3.63) is 78.4 Å². The molecule has 0 amide bonds. The predicted octanol–water partition coefficient (Wildman–Crippen LogP) is 5.37. The Labute approximate surface area is 126 Å². The van der Waals surface area contributed by atoms with E-state index in [2.05, 4.69) is 0 Å². The van der Waals surface area contributed by atoms with Gasteiger partial charge in [-0.15, -0.1) is 0 Å². The van der Waals surface area contributed by atoms with Gasteiger partial charge in [-0.25, -0.2) is 0 Å². The number of halogens is 3. The van der Waals surface area contributed by atoms with E-state index in [-0.39, 0.29) is 12.2 Å². The fourth-order valence-corrected chi connectivity index (χ4v) is 2.52. The van der Waals surface area contributed by atoms with Gasteiger partial charge in [0, 0.05) is 5.39 Å². The van der Waals surface area contributed by atoms with Crippen molar-refractivity contribution in [1.82, 2.24) is 0 Å². The molecule has 0 bridgehead atoms. The number of alkyl halides is 3. The molecule has 4 heteroatoms. The second-order valence-electron chi connectivity index (χ2n) is 5.04. The van der Waals surface area contributed by atoms with Crippen molar-refractivity contribution in [1.29, 1.82) is 0 Å². The first-order valence-electron chi connectivity index (χ1n) is 6.92. The molecule has 0 atom stereocenters. The van der Waals surface area contributed by atoms with E-state index >= 15 is 0 Å². The summed E-state index contributed by atoms with van der Waals surface area (Å²) in [6.07, 6.45) is -4.44. The number of fused-ring (bicyclic) bond motifs is 1. The average Bonchev–Trinajstić information content (AvgIpc) is 2.52. The summed E-state index contributed by atoms with van der Waals surface area (Å²) in [5.74, 6) is 0. The number of anilines is 1. The molecule has 0 N–H and O–H groups in total. The Morgan fingerprint density at radius 1 is 0.727 bits per heavy atom. The van der Waals surface area contributed by atoms with Crippen LogP contribution in [-0.2, 0) is 6.54 Å². The van der Waals surface area contributed by atoms with Gasteiger partial charge in [0.15, 0.2) is 0 Å². The molecule has 0 aliphatic carbocycles. The van der Waals surface area contributed by atoms with Crippen LogP contribution in [0.2, 0.25) is 0 Å². The van der Waals surface area contributed by atoms with Gasteiger partial charge in [0.25, 0.3) is 0 Å². The Hall–Kier alpha value is -2.49. The van der Waals surface area contributed by atoms with Gasteiger partial charge in [0.05, 0.1) is 12.2 Å². The Morgan fingerprint density at radius 3 is 2.09 bits per heavy atom. The van der Waals surface area contributed by atoms with Crippen molar-refractivity contribution in [3.8, 4) is 0 Å². The van der Waals surface area contributed by atoms with Crippen LogP contribution >= 0.6 is 0 Å². The molecule has 3 rings (SSSR count). The van der Waals surface area contributed by atoms with Crippen molar-refractivity contribution in [2.24, 2.45) is 0 Å². The van der Waals surface area contributed by atoms with Crippen molar-refractivity contribution < 1.29 is 13.2 Å². The number of hydrogen-bond donors (Lipinski definition) is 0. The van der Waals surface area contributed by atoms with E-state index in [0.29, 0.717) is 15.8 Å². The minimum absolute atomic E-state index is 0.175. The van der Waals surface area contributed by atoms with E-state index in [1.165, 1.54) is 6.07 Å². The molecule has 0 heterocycles. The van der Waals surface area contributed by atoms with E-state index in [4.69, 9.17) is 0 Å². The molecule has 0 fully saturated rings. The maximum atomic E-state index is 13.5. The number of nitrogens with zero attached hydrogens (tertiary/aromatic N) is 1. The molecule has 22 heavy (non-hydrogen) atoms. The van der Waals surface area contributed by atoms with Crippen molar-refractivity contribution in [2.75, 3.05) is 4.90 Å². The minimum atomic E-state index is -4.44. The van der Waals surface area contributed by atoms with Gasteiger partial charge in [-0.3, -0.25) is 4.90 Å². The first kappa shape index (κ1) is 14.4. The smallest absolute Gasteiger partial charge is 0.279 e. The van der Waals surface area contributed by atoms with Crippen LogP contribution in [0.25, 0.3) is 10.8 Å². The Kier molecular flexibility index (Phi) is 3.75. The molecule has 0 unspecified atom stereocenters. The number of benzene rings is 3. The zero-order valence-electron chi connectivity index (χ0n) is 11.7. The first-order valence-corrected chi connectivity index (χ1v) is 6.92. The molecule has 1 nitrogen and oxygen atoms in total. The minimum Gasteiger partial charge on any atom is -0.279 e. The maximum Gasteiger partial charge on any atom is 0.485 e. The molecule has 0 aromatic heterocycles. The first-order chi connectivity index (χ1) is 10.6. The highest BCUT2D eigenvalue weighted by Crippen LogP contribution is 2.35. The van der Waals surface area contributed by atoms with Crippen LogP contribution in [0.4, 0.5) is 18.9 Å². The average molecular weight is 301 g/mol. The lowest BCUT2D eigenvalue weighted by Crippen LogP contribution is -2.37. The third-order valence-electron chi connectivity index (χ3n) is 3.55. The van der Waals surface area contributed by atoms with Crippen LogP contribution in [0.5, 0.6) is 0 Å². The second-order valence-corrected chi connectivity index (χ2v) is 5.04. The highest BCUT2D eigenvalue weighted by atomic mass is 19.4. The highest BCUT2D eigenvalue weighted by molar-refractivity contribution is 5.94. The summed E-state index contributed by atoms with van der Waals surface area (Å²) in [6, 6.07) is 20.8. The van der Waals surface area contributed by atoms with Gasteiger partial charge >= 0.3 is 6.30 Å². The van der Waals surface area contributed by atoms with Crippen LogP contribution < -0.4 is 4.90 Å². The Bertz CT molecular complexity index is 761. The quantitative estimate of drug-likeness (QED) is 0.588. The van der Waals surface area contributed by atoms with Crippen LogP contribution in [-0.4, -0.2) is 6.30 Å². The molecule has 3 aromatic carbocycles. The lowest BCUT2D eigenvalue weighted by atomic mass is 10.1. The fraction of sp³-hybridized carbons (Fsp3) is 0.111. The number of hydrogen-bond acceptors (Lipinski definition) is 1. The van der Waals surface area contributed by atoms with Crippen LogP contribution in [0, 0.1) is 0 Å². The topological polar surface area (TPSA) is 3.24 Å². The third-order valence-corrected chi connectivity index (χ3v) is 3.55. The fourth-order valence-electron chi connectivity index (χ4n) is 2.52. The molecule has 0 saturated carbocycles. The summed E-state index contributed by atoms with van der Waals surface area (Å²) < 4.78 is 40.6. The van der Waals surface area contributed by atoms with Crippen LogP contribution in [0.1, 0.15) is 5.56 Å². The van der Waals surface area contributed by atoms with Gasteiger partial charge in [0.1, 0.15) is 0 Å². The SMILES string of the molecule is FC(F)(F)N(Cc1ccccc1)c1cccc2ccccc12. The highest BCUT2D eigenvalue weighted by Gasteiger charge is 2.38. The molecule has 0 spiro atoms. The molecule has 0 aliphatic heterocycles.